The fourth-order valence-electron chi connectivity index (χ4n) is 3.88. The van der Waals surface area contributed by atoms with Crippen molar-refractivity contribution < 1.29 is 4.79 Å². The maximum atomic E-state index is 13.2. The van der Waals surface area contributed by atoms with E-state index in [0.717, 1.165) is 47.1 Å². The number of H-pyrrole nitrogens is 2. The molecule has 1 aliphatic rings. The molecule has 134 valence electrons. The van der Waals surface area contributed by atoms with Crippen LogP contribution >= 0.6 is 0 Å². The quantitative estimate of drug-likeness (QED) is 0.583. The van der Waals surface area contributed by atoms with Gasteiger partial charge in [-0.1, -0.05) is 18.2 Å². The Balaban J connectivity index is 1.47. The summed E-state index contributed by atoms with van der Waals surface area (Å²) in [4.78, 5) is 22.9. The summed E-state index contributed by atoms with van der Waals surface area (Å²) >= 11 is 0. The van der Waals surface area contributed by atoms with Gasteiger partial charge in [0.2, 0.25) is 0 Å². The van der Waals surface area contributed by atoms with Crippen LogP contribution in [0.5, 0.6) is 0 Å². The highest BCUT2D eigenvalue weighted by molar-refractivity contribution is 5.99. The normalized spacial score (nSPS) is 16.9. The van der Waals surface area contributed by atoms with Crippen molar-refractivity contribution in [2.75, 3.05) is 6.54 Å². The molecule has 1 aromatic carbocycles. The highest BCUT2D eigenvalue weighted by Gasteiger charge is 2.32. The van der Waals surface area contributed by atoms with E-state index >= 15 is 0 Å². The topological polar surface area (TPSA) is 77.7 Å². The van der Waals surface area contributed by atoms with Crippen molar-refractivity contribution in [3.63, 3.8) is 0 Å². The number of nitrogens with one attached hydrogen (secondary N) is 2. The van der Waals surface area contributed by atoms with Crippen molar-refractivity contribution in [1.29, 1.82) is 0 Å². The molecule has 27 heavy (non-hydrogen) atoms. The van der Waals surface area contributed by atoms with Crippen LogP contribution in [-0.4, -0.2) is 37.5 Å². The SMILES string of the molecule is O=C(c1cc2ccc(-c3cn[nH]c3)cc2[nH]1)N1CCC[C@@H]1c1ccccn1. The molecular weight excluding hydrogens is 338 g/mol. The molecule has 6 nitrogen and oxygen atoms in total. The van der Waals surface area contributed by atoms with E-state index in [2.05, 4.69) is 26.2 Å². The number of rotatable bonds is 3. The number of hydrogen-bond donors (Lipinski definition) is 2. The third-order valence-electron chi connectivity index (χ3n) is 5.23. The van der Waals surface area contributed by atoms with E-state index < -0.39 is 0 Å². The third-order valence-corrected chi connectivity index (χ3v) is 5.23. The fourth-order valence-corrected chi connectivity index (χ4v) is 3.88. The number of nitrogens with zero attached hydrogens (tertiary/aromatic N) is 3. The lowest BCUT2D eigenvalue weighted by molar-refractivity contribution is 0.0728. The Kier molecular flexibility index (Phi) is 3.74. The smallest absolute Gasteiger partial charge is 0.270 e. The largest absolute Gasteiger partial charge is 0.351 e. The van der Waals surface area contributed by atoms with Crippen molar-refractivity contribution in [1.82, 2.24) is 25.1 Å². The molecule has 1 aliphatic heterocycles. The van der Waals surface area contributed by atoms with Gasteiger partial charge in [0.1, 0.15) is 5.69 Å². The Labute approximate surface area is 156 Å². The molecule has 2 N–H and O–H groups in total. The van der Waals surface area contributed by atoms with Crippen LogP contribution in [0.1, 0.15) is 35.1 Å². The summed E-state index contributed by atoms with van der Waals surface area (Å²) in [7, 11) is 0. The predicted octanol–water partition coefficient (Wildman–Crippen LogP) is 3.93. The molecule has 4 heterocycles. The Morgan fingerprint density at radius 1 is 1.15 bits per heavy atom. The first-order valence-electron chi connectivity index (χ1n) is 9.13. The van der Waals surface area contributed by atoms with Crippen LogP contribution in [0.2, 0.25) is 0 Å². The summed E-state index contributed by atoms with van der Waals surface area (Å²) < 4.78 is 0. The Bertz CT molecular complexity index is 1080. The molecule has 1 saturated heterocycles. The third kappa shape index (κ3) is 2.79. The van der Waals surface area contributed by atoms with Gasteiger partial charge in [-0.2, -0.15) is 5.10 Å². The molecule has 3 aromatic heterocycles. The van der Waals surface area contributed by atoms with Crippen molar-refractivity contribution in [2.24, 2.45) is 0 Å². The van der Waals surface area contributed by atoms with E-state index in [0.29, 0.717) is 5.69 Å². The zero-order valence-electron chi connectivity index (χ0n) is 14.7. The minimum atomic E-state index is 0.0317. The summed E-state index contributed by atoms with van der Waals surface area (Å²) in [5, 5.41) is 7.86. The highest BCUT2D eigenvalue weighted by atomic mass is 16.2. The van der Waals surface area contributed by atoms with E-state index in [1.165, 1.54) is 0 Å². The average molecular weight is 357 g/mol. The van der Waals surface area contributed by atoms with Gasteiger partial charge in [-0.25, -0.2) is 0 Å². The lowest BCUT2D eigenvalue weighted by atomic mass is 10.1. The summed E-state index contributed by atoms with van der Waals surface area (Å²) in [6.07, 6.45) is 7.39. The van der Waals surface area contributed by atoms with Crippen LogP contribution in [0, 0.1) is 0 Å². The van der Waals surface area contributed by atoms with Crippen LogP contribution in [0.25, 0.3) is 22.0 Å². The van der Waals surface area contributed by atoms with Gasteiger partial charge in [0.05, 0.1) is 17.9 Å². The van der Waals surface area contributed by atoms with Gasteiger partial charge >= 0.3 is 0 Å². The van der Waals surface area contributed by atoms with Gasteiger partial charge in [-0.05, 0) is 42.7 Å². The second-order valence-electron chi connectivity index (χ2n) is 6.88. The Hall–Kier alpha value is -3.41. The molecule has 0 bridgehead atoms. The molecule has 1 fully saturated rings. The second-order valence-corrected chi connectivity index (χ2v) is 6.88. The summed E-state index contributed by atoms with van der Waals surface area (Å²) in [6.45, 7) is 0.760. The van der Waals surface area contributed by atoms with Gasteiger partial charge in [0.15, 0.2) is 0 Å². The maximum Gasteiger partial charge on any atom is 0.270 e. The number of fused-ring (bicyclic) bond motifs is 1. The first kappa shape index (κ1) is 15.8. The van der Waals surface area contributed by atoms with Gasteiger partial charge in [0, 0.05) is 35.4 Å². The number of benzene rings is 1. The van der Waals surface area contributed by atoms with Crippen LogP contribution in [0.4, 0.5) is 0 Å². The van der Waals surface area contributed by atoms with Crippen LogP contribution in [-0.2, 0) is 0 Å². The number of aromatic amines is 2. The maximum absolute atomic E-state index is 13.2. The van der Waals surface area contributed by atoms with E-state index in [1.807, 2.05) is 47.5 Å². The number of likely N-dealkylation sites (tertiary alicyclic amines) is 1. The van der Waals surface area contributed by atoms with Crippen molar-refractivity contribution >= 4 is 16.8 Å². The first-order chi connectivity index (χ1) is 13.3. The van der Waals surface area contributed by atoms with E-state index in [-0.39, 0.29) is 11.9 Å². The highest BCUT2D eigenvalue weighted by Crippen LogP contribution is 2.32. The summed E-state index contributed by atoms with van der Waals surface area (Å²) in [5.74, 6) is 0.0317. The molecule has 0 aliphatic carbocycles. The van der Waals surface area contributed by atoms with Crippen molar-refractivity contribution in [3.05, 3.63) is 72.4 Å². The van der Waals surface area contributed by atoms with Crippen LogP contribution < -0.4 is 0 Å². The zero-order valence-corrected chi connectivity index (χ0v) is 14.7. The molecule has 0 radical (unpaired) electrons. The number of hydrogen-bond acceptors (Lipinski definition) is 3. The van der Waals surface area contributed by atoms with Gasteiger partial charge in [0.25, 0.3) is 5.91 Å². The molecule has 5 rings (SSSR count). The molecule has 0 unspecified atom stereocenters. The van der Waals surface area contributed by atoms with Gasteiger partial charge < -0.3 is 9.88 Å². The lowest BCUT2D eigenvalue weighted by Crippen LogP contribution is -2.31. The van der Waals surface area contributed by atoms with Crippen molar-refractivity contribution in [3.8, 4) is 11.1 Å². The average Bonchev–Trinajstić information content (AvgIpc) is 3.47. The van der Waals surface area contributed by atoms with Gasteiger partial charge in [-0.15, -0.1) is 0 Å². The minimum absolute atomic E-state index is 0.0317. The Morgan fingerprint density at radius 2 is 2.11 bits per heavy atom. The van der Waals surface area contributed by atoms with E-state index in [9.17, 15) is 4.79 Å². The number of pyridine rings is 1. The predicted molar refractivity (Wildman–Crippen MR) is 103 cm³/mol. The lowest BCUT2D eigenvalue weighted by Gasteiger charge is -2.23. The first-order valence-corrected chi connectivity index (χ1v) is 9.13. The minimum Gasteiger partial charge on any atom is -0.351 e. The van der Waals surface area contributed by atoms with E-state index in [1.54, 1.807) is 12.4 Å². The van der Waals surface area contributed by atoms with Gasteiger partial charge in [-0.3, -0.25) is 14.9 Å². The number of carbonyl (C=O) groups is 1. The molecule has 1 atom stereocenters. The van der Waals surface area contributed by atoms with Crippen LogP contribution in [0.15, 0.2) is 61.1 Å². The van der Waals surface area contributed by atoms with Crippen LogP contribution in [0.3, 0.4) is 0 Å². The zero-order chi connectivity index (χ0) is 18.2. The number of amides is 1. The standard InChI is InChI=1S/C21H19N5O/c27-21(26-9-3-5-20(26)17-4-1-2-8-22-17)19-11-15-7-6-14(10-18(15)25-19)16-12-23-24-13-16/h1-2,4,6-8,10-13,20,25H,3,5,9H2,(H,23,24)/t20-/m1/s1. The second kappa shape index (κ2) is 6.39. The Morgan fingerprint density at radius 3 is 2.93 bits per heavy atom. The molecule has 6 heteroatoms. The summed E-state index contributed by atoms with van der Waals surface area (Å²) in [6, 6.07) is 14.0. The number of carbonyl (C=O) groups excluding carboxylic acids is 1. The molecule has 0 saturated carbocycles. The molecule has 1 amide bonds. The molecule has 4 aromatic rings. The summed E-state index contributed by atoms with van der Waals surface area (Å²) in [5.41, 5.74) is 4.61. The van der Waals surface area contributed by atoms with Crippen molar-refractivity contribution in [2.45, 2.75) is 18.9 Å². The van der Waals surface area contributed by atoms with E-state index in [4.69, 9.17) is 0 Å². The fraction of sp³-hybridized carbons (Fsp3) is 0.190. The molecule has 0 spiro atoms. The number of aromatic nitrogens is 4. The molecular formula is C21H19N5O. The monoisotopic (exact) mass is 357 g/mol.